The molecule has 1 atom stereocenters. The molecule has 0 spiro atoms. The Balaban J connectivity index is 4.42. The summed E-state index contributed by atoms with van der Waals surface area (Å²) in [6.45, 7) is 7.68. The SMILES string of the molecule is C=CCC(CS(=O)(=O)O)N(C)CC=C. The van der Waals surface area contributed by atoms with Crippen LogP contribution in [0.15, 0.2) is 25.3 Å². The molecular weight excluding hydrogens is 202 g/mol. The van der Waals surface area contributed by atoms with Gasteiger partial charge in [0.1, 0.15) is 0 Å². The Morgan fingerprint density at radius 2 is 2.00 bits per heavy atom. The zero-order valence-corrected chi connectivity index (χ0v) is 9.20. The maximum absolute atomic E-state index is 10.7. The minimum atomic E-state index is -3.93. The third-order valence-electron chi connectivity index (χ3n) is 1.88. The van der Waals surface area contributed by atoms with E-state index in [9.17, 15) is 8.42 Å². The molecule has 0 aliphatic heterocycles. The molecular formula is C9H17NO3S. The van der Waals surface area contributed by atoms with E-state index in [1.165, 1.54) is 0 Å². The van der Waals surface area contributed by atoms with Gasteiger partial charge in [0.05, 0.1) is 5.75 Å². The molecule has 0 amide bonds. The van der Waals surface area contributed by atoms with E-state index in [-0.39, 0.29) is 11.8 Å². The third kappa shape index (κ3) is 5.90. The van der Waals surface area contributed by atoms with E-state index in [4.69, 9.17) is 4.55 Å². The molecule has 0 aliphatic rings. The van der Waals surface area contributed by atoms with E-state index in [1.807, 2.05) is 4.90 Å². The van der Waals surface area contributed by atoms with Crippen molar-refractivity contribution in [1.82, 2.24) is 4.90 Å². The fourth-order valence-electron chi connectivity index (χ4n) is 1.16. The lowest BCUT2D eigenvalue weighted by atomic mass is 10.2. The summed E-state index contributed by atoms with van der Waals surface area (Å²) in [5.74, 6) is -0.274. The third-order valence-corrected chi connectivity index (χ3v) is 2.69. The second-order valence-electron chi connectivity index (χ2n) is 3.16. The van der Waals surface area contributed by atoms with Crippen LogP contribution in [-0.4, -0.2) is 43.3 Å². The quantitative estimate of drug-likeness (QED) is 0.511. The molecule has 0 bridgehead atoms. The molecule has 5 heteroatoms. The van der Waals surface area contributed by atoms with E-state index in [0.717, 1.165) is 0 Å². The van der Waals surface area contributed by atoms with Crippen LogP contribution < -0.4 is 0 Å². The Hall–Kier alpha value is -0.650. The highest BCUT2D eigenvalue weighted by atomic mass is 32.2. The van der Waals surface area contributed by atoms with Crippen molar-refractivity contribution < 1.29 is 13.0 Å². The van der Waals surface area contributed by atoms with Crippen LogP contribution in [0.1, 0.15) is 6.42 Å². The summed E-state index contributed by atoms with van der Waals surface area (Å²) in [7, 11) is -2.15. The monoisotopic (exact) mass is 219 g/mol. The van der Waals surface area contributed by atoms with Crippen molar-refractivity contribution in [2.75, 3.05) is 19.3 Å². The van der Waals surface area contributed by atoms with Gasteiger partial charge in [-0.3, -0.25) is 9.45 Å². The van der Waals surface area contributed by atoms with Crippen LogP contribution in [0, 0.1) is 0 Å². The summed E-state index contributed by atoms with van der Waals surface area (Å²) in [5, 5.41) is 0. The van der Waals surface area contributed by atoms with E-state index in [2.05, 4.69) is 13.2 Å². The standard InChI is InChI=1S/C9H17NO3S/c1-4-6-9(8-14(11,12)13)10(3)7-5-2/h4-5,9H,1-2,6-8H2,3H3,(H,11,12,13). The molecule has 0 radical (unpaired) electrons. The van der Waals surface area contributed by atoms with E-state index in [0.29, 0.717) is 13.0 Å². The number of hydrogen-bond donors (Lipinski definition) is 1. The van der Waals surface area contributed by atoms with Gasteiger partial charge in [0.25, 0.3) is 10.1 Å². The van der Waals surface area contributed by atoms with Crippen molar-refractivity contribution in [3.8, 4) is 0 Å². The van der Waals surface area contributed by atoms with Gasteiger partial charge in [0, 0.05) is 12.6 Å². The summed E-state index contributed by atoms with van der Waals surface area (Å²) in [4.78, 5) is 1.81. The van der Waals surface area contributed by atoms with Gasteiger partial charge in [-0.15, -0.1) is 13.2 Å². The van der Waals surface area contributed by atoms with Crippen LogP contribution in [0.3, 0.4) is 0 Å². The molecule has 0 rings (SSSR count). The highest BCUT2D eigenvalue weighted by molar-refractivity contribution is 7.85. The smallest absolute Gasteiger partial charge is 0.266 e. The Morgan fingerprint density at radius 1 is 1.43 bits per heavy atom. The van der Waals surface area contributed by atoms with Crippen molar-refractivity contribution in [2.45, 2.75) is 12.5 Å². The number of nitrogens with zero attached hydrogens (tertiary/aromatic N) is 1. The van der Waals surface area contributed by atoms with E-state index in [1.54, 1.807) is 19.2 Å². The number of rotatable bonds is 7. The van der Waals surface area contributed by atoms with E-state index < -0.39 is 10.1 Å². The minimum Gasteiger partial charge on any atom is -0.298 e. The van der Waals surface area contributed by atoms with Crippen molar-refractivity contribution in [2.24, 2.45) is 0 Å². The van der Waals surface area contributed by atoms with Gasteiger partial charge >= 0.3 is 0 Å². The molecule has 0 aromatic heterocycles. The van der Waals surface area contributed by atoms with Crippen molar-refractivity contribution in [3.05, 3.63) is 25.3 Å². The van der Waals surface area contributed by atoms with E-state index >= 15 is 0 Å². The minimum absolute atomic E-state index is 0.250. The van der Waals surface area contributed by atoms with Gasteiger partial charge in [0.2, 0.25) is 0 Å². The van der Waals surface area contributed by atoms with Crippen LogP contribution in [-0.2, 0) is 10.1 Å². The van der Waals surface area contributed by atoms with Crippen molar-refractivity contribution >= 4 is 10.1 Å². The summed E-state index contributed by atoms with van der Waals surface area (Å²) in [6.07, 6.45) is 3.83. The normalized spacial score (nSPS) is 13.9. The Bertz CT molecular complexity index is 284. The lowest BCUT2D eigenvalue weighted by Gasteiger charge is -2.24. The topological polar surface area (TPSA) is 57.6 Å². The van der Waals surface area contributed by atoms with Crippen molar-refractivity contribution in [3.63, 3.8) is 0 Å². The van der Waals surface area contributed by atoms with Crippen LogP contribution >= 0.6 is 0 Å². The highest BCUT2D eigenvalue weighted by Crippen LogP contribution is 2.05. The van der Waals surface area contributed by atoms with Crippen LogP contribution in [0.5, 0.6) is 0 Å². The first-order valence-corrected chi connectivity index (χ1v) is 5.88. The van der Waals surface area contributed by atoms with Gasteiger partial charge in [-0.05, 0) is 13.5 Å². The second kappa shape index (κ2) is 5.95. The van der Waals surface area contributed by atoms with Gasteiger partial charge in [0.15, 0.2) is 0 Å². The Kier molecular flexibility index (Phi) is 5.68. The zero-order valence-electron chi connectivity index (χ0n) is 8.39. The lowest BCUT2D eigenvalue weighted by Crippen LogP contribution is -2.37. The van der Waals surface area contributed by atoms with Crippen molar-refractivity contribution in [1.29, 1.82) is 0 Å². The first kappa shape index (κ1) is 13.4. The fraction of sp³-hybridized carbons (Fsp3) is 0.556. The number of hydrogen-bond acceptors (Lipinski definition) is 3. The van der Waals surface area contributed by atoms with Crippen LogP contribution in [0.2, 0.25) is 0 Å². The molecule has 4 nitrogen and oxygen atoms in total. The highest BCUT2D eigenvalue weighted by Gasteiger charge is 2.18. The molecule has 0 saturated heterocycles. The summed E-state index contributed by atoms with van der Waals surface area (Å²) < 4.78 is 30.1. The van der Waals surface area contributed by atoms with Gasteiger partial charge in [-0.1, -0.05) is 12.2 Å². The zero-order chi connectivity index (χ0) is 11.2. The van der Waals surface area contributed by atoms with Crippen LogP contribution in [0.4, 0.5) is 0 Å². The lowest BCUT2D eigenvalue weighted by molar-refractivity contribution is 0.283. The van der Waals surface area contributed by atoms with Gasteiger partial charge in [-0.2, -0.15) is 8.42 Å². The average Bonchev–Trinajstić information content (AvgIpc) is 2.01. The number of likely N-dealkylation sites (N-methyl/N-ethyl adjacent to an activating group) is 1. The maximum Gasteiger partial charge on any atom is 0.266 e. The van der Waals surface area contributed by atoms with Gasteiger partial charge < -0.3 is 0 Å². The van der Waals surface area contributed by atoms with Crippen LogP contribution in [0.25, 0.3) is 0 Å². The maximum atomic E-state index is 10.7. The first-order chi connectivity index (χ1) is 6.40. The predicted octanol–water partition coefficient (Wildman–Crippen LogP) is 0.937. The molecule has 14 heavy (non-hydrogen) atoms. The summed E-state index contributed by atoms with van der Waals surface area (Å²) in [5.41, 5.74) is 0. The summed E-state index contributed by atoms with van der Waals surface area (Å²) >= 11 is 0. The molecule has 1 N–H and O–H groups in total. The Labute approximate surface area is 85.7 Å². The molecule has 1 unspecified atom stereocenters. The van der Waals surface area contributed by atoms with Gasteiger partial charge in [-0.25, -0.2) is 0 Å². The molecule has 0 saturated carbocycles. The molecule has 82 valence electrons. The average molecular weight is 219 g/mol. The fourth-order valence-corrected chi connectivity index (χ4v) is 2.04. The molecule has 0 aromatic carbocycles. The second-order valence-corrected chi connectivity index (χ2v) is 4.65. The molecule has 0 aromatic rings. The first-order valence-electron chi connectivity index (χ1n) is 4.28. The molecule has 0 fully saturated rings. The predicted molar refractivity (Wildman–Crippen MR) is 57.8 cm³/mol. The molecule has 0 heterocycles. The Morgan fingerprint density at radius 3 is 2.36 bits per heavy atom. The summed E-state index contributed by atoms with van der Waals surface area (Å²) in [6, 6.07) is -0.250. The molecule has 0 aliphatic carbocycles. The largest absolute Gasteiger partial charge is 0.298 e.